The maximum atomic E-state index is 12.9. The van der Waals surface area contributed by atoms with E-state index in [-0.39, 0.29) is 17.9 Å². The van der Waals surface area contributed by atoms with Crippen molar-refractivity contribution in [2.45, 2.75) is 65.6 Å². The normalized spacial score (nSPS) is 14.6. The molecule has 1 amide bonds. The van der Waals surface area contributed by atoms with E-state index in [1.54, 1.807) is 0 Å². The van der Waals surface area contributed by atoms with Crippen LogP contribution in [0.4, 0.5) is 5.69 Å². The van der Waals surface area contributed by atoms with E-state index in [1.807, 2.05) is 74.5 Å². The number of esters is 1. The van der Waals surface area contributed by atoms with Crippen molar-refractivity contribution in [2.24, 2.45) is 0 Å². The Morgan fingerprint density at radius 2 is 1.71 bits per heavy atom. The molecule has 1 aliphatic heterocycles. The number of benzene rings is 3. The van der Waals surface area contributed by atoms with Gasteiger partial charge in [-0.05, 0) is 93.1 Å². The second-order valence-corrected chi connectivity index (χ2v) is 11.0. The molecule has 7 nitrogen and oxygen atoms in total. The number of amides is 1. The van der Waals surface area contributed by atoms with E-state index >= 15 is 0 Å². The third-order valence-corrected chi connectivity index (χ3v) is 7.80. The molecule has 0 aliphatic carbocycles. The van der Waals surface area contributed by atoms with Crippen LogP contribution in [0, 0.1) is 25.2 Å². The highest BCUT2D eigenvalue weighted by Crippen LogP contribution is 2.28. The summed E-state index contributed by atoms with van der Waals surface area (Å²) in [5.74, 6) is 0.193. The smallest absolute Gasteiger partial charge is 0.308 e. The predicted octanol–water partition coefficient (Wildman–Crippen LogP) is 5.78. The van der Waals surface area contributed by atoms with E-state index in [4.69, 9.17) is 4.74 Å². The van der Waals surface area contributed by atoms with Gasteiger partial charge in [0.2, 0.25) is 0 Å². The molecule has 1 N–H and O–H groups in total. The molecule has 214 valence electrons. The van der Waals surface area contributed by atoms with Crippen molar-refractivity contribution in [1.82, 2.24) is 10.2 Å². The van der Waals surface area contributed by atoms with Crippen LogP contribution in [0.3, 0.4) is 0 Å². The fourth-order valence-corrected chi connectivity index (χ4v) is 5.61. The third-order valence-electron chi connectivity index (χ3n) is 7.80. The van der Waals surface area contributed by atoms with Crippen molar-refractivity contribution in [1.29, 1.82) is 5.26 Å². The van der Waals surface area contributed by atoms with E-state index < -0.39 is 0 Å². The first-order valence-corrected chi connectivity index (χ1v) is 14.4. The number of rotatable bonds is 10. The second-order valence-electron chi connectivity index (χ2n) is 11.0. The number of carbonyl (C=O) groups excluding carboxylic acids is 2. The summed E-state index contributed by atoms with van der Waals surface area (Å²) in [6.45, 7) is 11.0. The summed E-state index contributed by atoms with van der Waals surface area (Å²) < 4.78 is 5.24. The number of ether oxygens (including phenoxy) is 1. The van der Waals surface area contributed by atoms with Gasteiger partial charge in [-0.1, -0.05) is 30.3 Å². The Bertz CT molecular complexity index is 1370. The molecule has 0 saturated carbocycles. The van der Waals surface area contributed by atoms with E-state index in [0.29, 0.717) is 23.9 Å². The van der Waals surface area contributed by atoms with Crippen molar-refractivity contribution in [3.05, 3.63) is 94.5 Å². The average molecular weight is 553 g/mol. The van der Waals surface area contributed by atoms with Gasteiger partial charge in [-0.3, -0.25) is 9.59 Å². The zero-order chi connectivity index (χ0) is 29.4. The lowest BCUT2D eigenvalue weighted by Gasteiger charge is -2.40. The number of nitriles is 1. The van der Waals surface area contributed by atoms with Crippen LogP contribution in [0.2, 0.25) is 0 Å². The Hall–Kier alpha value is -4.15. The molecule has 1 fully saturated rings. The fraction of sp³-hybridized carbons (Fsp3) is 0.382. The molecule has 4 rings (SSSR count). The number of piperidine rings is 1. The van der Waals surface area contributed by atoms with E-state index in [2.05, 4.69) is 34.2 Å². The summed E-state index contributed by atoms with van der Waals surface area (Å²) >= 11 is 0. The Kier molecular flexibility index (Phi) is 10.2. The lowest BCUT2D eigenvalue weighted by atomic mass is 10.00. The van der Waals surface area contributed by atoms with E-state index in [9.17, 15) is 14.9 Å². The summed E-state index contributed by atoms with van der Waals surface area (Å²) in [7, 11) is 0. The Morgan fingerprint density at radius 3 is 2.34 bits per heavy atom. The second kappa shape index (κ2) is 14.0. The number of hydrogen-bond donors (Lipinski definition) is 1. The molecule has 1 unspecified atom stereocenters. The summed E-state index contributed by atoms with van der Waals surface area (Å²) in [5.41, 5.74) is 5.58. The summed E-state index contributed by atoms with van der Waals surface area (Å²) in [5, 5.41) is 12.6. The summed E-state index contributed by atoms with van der Waals surface area (Å²) in [6.07, 6.45) is 2.91. The number of likely N-dealkylation sites (tertiary alicyclic amines) is 1. The topological polar surface area (TPSA) is 85.7 Å². The highest BCUT2D eigenvalue weighted by atomic mass is 16.5. The number of aryl methyl sites for hydroxylation is 2. The van der Waals surface area contributed by atoms with Gasteiger partial charge in [0.05, 0.1) is 11.6 Å². The molecule has 3 aromatic rings. The minimum atomic E-state index is -0.338. The van der Waals surface area contributed by atoms with Gasteiger partial charge in [0.15, 0.2) is 0 Å². The first-order chi connectivity index (χ1) is 19.7. The van der Waals surface area contributed by atoms with Crippen LogP contribution in [-0.2, 0) is 11.3 Å². The van der Waals surface area contributed by atoms with E-state index in [1.165, 1.54) is 6.92 Å². The number of hydrogen-bond acceptors (Lipinski definition) is 6. The average Bonchev–Trinajstić information content (AvgIpc) is 2.95. The number of carbonyl (C=O) groups is 2. The molecule has 1 saturated heterocycles. The van der Waals surface area contributed by atoms with Gasteiger partial charge in [-0.2, -0.15) is 5.26 Å². The molecule has 1 aliphatic rings. The molecule has 1 atom stereocenters. The molecule has 1 heterocycles. The largest absolute Gasteiger partial charge is 0.427 e. The maximum Gasteiger partial charge on any atom is 0.308 e. The van der Waals surface area contributed by atoms with Crippen LogP contribution < -0.4 is 15.0 Å². The van der Waals surface area contributed by atoms with Crippen molar-refractivity contribution >= 4 is 17.6 Å². The lowest BCUT2D eigenvalue weighted by molar-refractivity contribution is -0.131. The minimum Gasteiger partial charge on any atom is -0.427 e. The zero-order valence-corrected chi connectivity index (χ0v) is 24.5. The number of nitrogens with zero attached hydrogens (tertiary/aromatic N) is 3. The van der Waals surface area contributed by atoms with Gasteiger partial charge in [-0.15, -0.1) is 0 Å². The monoisotopic (exact) mass is 552 g/mol. The van der Waals surface area contributed by atoms with Crippen LogP contribution in [-0.4, -0.2) is 48.5 Å². The molecular formula is C34H40N4O3. The molecule has 0 aromatic heterocycles. The maximum absolute atomic E-state index is 12.9. The Labute approximate surface area is 243 Å². The molecule has 7 heteroatoms. The van der Waals surface area contributed by atoms with Gasteiger partial charge in [0.25, 0.3) is 5.91 Å². The minimum absolute atomic E-state index is 0.00244. The molecule has 0 bridgehead atoms. The van der Waals surface area contributed by atoms with Crippen LogP contribution in [0.25, 0.3) is 0 Å². The molecule has 41 heavy (non-hydrogen) atoms. The molecule has 3 aromatic carbocycles. The van der Waals surface area contributed by atoms with Gasteiger partial charge >= 0.3 is 5.97 Å². The quantitative estimate of drug-likeness (QED) is 0.254. The van der Waals surface area contributed by atoms with Gasteiger partial charge in [-0.25, -0.2) is 0 Å². The van der Waals surface area contributed by atoms with Gasteiger partial charge in [0.1, 0.15) is 5.75 Å². The Morgan fingerprint density at radius 1 is 1.05 bits per heavy atom. The van der Waals surface area contributed by atoms with Gasteiger partial charge in [0, 0.05) is 56.4 Å². The number of anilines is 1. The summed E-state index contributed by atoms with van der Waals surface area (Å²) in [6, 6.07) is 24.0. The van der Waals surface area contributed by atoms with Crippen LogP contribution >= 0.6 is 0 Å². The Balaban J connectivity index is 1.36. The summed E-state index contributed by atoms with van der Waals surface area (Å²) in [4.78, 5) is 29.1. The SMILES string of the molecule is CC(=O)Oc1ccc(N(Cc2cccc(C#N)c2)C2CCN(CCC(C)NC(=O)c3c(C)cccc3C)CC2)cc1. The fourth-order valence-electron chi connectivity index (χ4n) is 5.61. The zero-order valence-electron chi connectivity index (χ0n) is 24.5. The van der Waals surface area contributed by atoms with Crippen LogP contribution in [0.5, 0.6) is 5.75 Å². The van der Waals surface area contributed by atoms with Gasteiger partial charge < -0.3 is 19.9 Å². The van der Waals surface area contributed by atoms with Crippen LogP contribution in [0.1, 0.15) is 65.7 Å². The highest BCUT2D eigenvalue weighted by molar-refractivity contribution is 5.97. The third kappa shape index (κ3) is 8.18. The highest BCUT2D eigenvalue weighted by Gasteiger charge is 2.26. The van der Waals surface area contributed by atoms with Crippen LogP contribution in [0.15, 0.2) is 66.7 Å². The molecule has 0 spiro atoms. The van der Waals surface area contributed by atoms with Crippen molar-refractivity contribution in [3.63, 3.8) is 0 Å². The predicted molar refractivity (Wildman–Crippen MR) is 162 cm³/mol. The van der Waals surface area contributed by atoms with Crippen molar-refractivity contribution in [2.75, 3.05) is 24.5 Å². The lowest BCUT2D eigenvalue weighted by Crippen LogP contribution is -2.46. The van der Waals surface area contributed by atoms with Crippen molar-refractivity contribution < 1.29 is 14.3 Å². The first kappa shape index (κ1) is 29.8. The van der Waals surface area contributed by atoms with Crippen molar-refractivity contribution in [3.8, 4) is 11.8 Å². The number of nitrogens with one attached hydrogen (secondary N) is 1. The van der Waals surface area contributed by atoms with E-state index in [0.717, 1.165) is 66.8 Å². The molecular weight excluding hydrogens is 512 g/mol. The standard InChI is InChI=1S/C34H40N4O3/c1-24-7-5-8-25(2)33(24)34(40)36-26(3)15-18-37-19-16-31(17-20-37)38(23-29-10-6-9-28(21-29)22-35)30-11-13-32(14-12-30)41-27(4)39/h5-14,21,26,31H,15-20,23H2,1-4H3,(H,36,40). The first-order valence-electron chi connectivity index (χ1n) is 14.4. The molecule has 0 radical (unpaired) electrons.